The predicted octanol–water partition coefficient (Wildman–Crippen LogP) is 3.07. The molecule has 0 fully saturated rings. The molecule has 0 aromatic heterocycles. The van der Waals surface area contributed by atoms with Gasteiger partial charge < -0.3 is 4.74 Å². The summed E-state index contributed by atoms with van der Waals surface area (Å²) in [5.41, 5.74) is 0.484. The Labute approximate surface area is 95.4 Å². The maximum atomic E-state index is 12.6. The van der Waals surface area contributed by atoms with Crippen molar-refractivity contribution in [3.05, 3.63) is 35.6 Å². The highest BCUT2D eigenvalue weighted by Gasteiger charge is 2.11. The van der Waals surface area contributed by atoms with Crippen LogP contribution in [-0.4, -0.2) is 18.5 Å². The third kappa shape index (κ3) is 3.74. The summed E-state index contributed by atoms with van der Waals surface area (Å²) in [6, 6.07) is 5.50. The van der Waals surface area contributed by atoms with Crippen LogP contribution in [0.15, 0.2) is 24.3 Å². The molecule has 16 heavy (non-hydrogen) atoms. The van der Waals surface area contributed by atoms with Gasteiger partial charge in [0.1, 0.15) is 12.4 Å². The van der Waals surface area contributed by atoms with Crippen molar-refractivity contribution in [2.45, 2.75) is 26.9 Å². The van der Waals surface area contributed by atoms with Gasteiger partial charge in [0.25, 0.3) is 0 Å². The van der Waals surface area contributed by atoms with E-state index in [1.54, 1.807) is 0 Å². The number of rotatable bonds is 5. The number of ether oxygens (including phenoxy) is 1. The Balaban J connectivity index is 2.50. The summed E-state index contributed by atoms with van der Waals surface area (Å²) in [7, 11) is 0. The van der Waals surface area contributed by atoms with E-state index < -0.39 is 0 Å². The maximum absolute atomic E-state index is 12.6. The maximum Gasteiger partial charge on any atom is 0.188 e. The van der Waals surface area contributed by atoms with E-state index in [2.05, 4.69) is 0 Å². The van der Waals surface area contributed by atoms with E-state index in [0.29, 0.717) is 11.5 Å². The molecule has 3 heteroatoms. The number of hydrogen-bond donors (Lipinski definition) is 0. The largest absolute Gasteiger partial charge is 0.370 e. The van der Waals surface area contributed by atoms with Crippen LogP contribution in [0.5, 0.6) is 0 Å². The molecule has 0 saturated heterocycles. The Kier molecular flexibility index (Phi) is 4.62. The van der Waals surface area contributed by atoms with Gasteiger partial charge in [0.15, 0.2) is 5.78 Å². The number of carbonyl (C=O) groups is 1. The summed E-state index contributed by atoms with van der Waals surface area (Å²) in [6.45, 7) is 6.05. The van der Waals surface area contributed by atoms with Gasteiger partial charge in [-0.25, -0.2) is 4.39 Å². The van der Waals surface area contributed by atoms with Crippen LogP contribution >= 0.6 is 0 Å². The minimum Gasteiger partial charge on any atom is -0.370 e. The number of halogens is 1. The first-order valence-electron chi connectivity index (χ1n) is 5.41. The quantitative estimate of drug-likeness (QED) is 0.718. The van der Waals surface area contributed by atoms with E-state index in [9.17, 15) is 9.18 Å². The van der Waals surface area contributed by atoms with Crippen molar-refractivity contribution >= 4 is 5.78 Å². The van der Waals surface area contributed by atoms with Gasteiger partial charge in [-0.1, -0.05) is 13.8 Å². The van der Waals surface area contributed by atoms with Gasteiger partial charge >= 0.3 is 0 Å². The molecule has 1 unspecified atom stereocenters. The topological polar surface area (TPSA) is 26.3 Å². The van der Waals surface area contributed by atoms with Crippen LogP contribution in [0, 0.1) is 11.7 Å². The number of Topliss-reactive ketones (excluding diaryl/α,β-unsaturated/α-hetero) is 1. The van der Waals surface area contributed by atoms with Gasteiger partial charge in [-0.05, 0) is 37.1 Å². The highest BCUT2D eigenvalue weighted by molar-refractivity contribution is 5.97. The molecule has 0 aliphatic rings. The van der Waals surface area contributed by atoms with E-state index in [1.807, 2.05) is 20.8 Å². The first kappa shape index (κ1) is 12.8. The summed E-state index contributed by atoms with van der Waals surface area (Å²) >= 11 is 0. The summed E-state index contributed by atoms with van der Waals surface area (Å²) in [4.78, 5) is 11.6. The molecular weight excluding hydrogens is 207 g/mol. The molecule has 0 spiro atoms. The van der Waals surface area contributed by atoms with Crippen LogP contribution in [0.3, 0.4) is 0 Å². The highest BCUT2D eigenvalue weighted by Crippen LogP contribution is 2.08. The van der Waals surface area contributed by atoms with Gasteiger partial charge in [-0.3, -0.25) is 4.79 Å². The summed E-state index contributed by atoms with van der Waals surface area (Å²) in [5, 5.41) is 0. The minimum atomic E-state index is -0.340. The average molecular weight is 224 g/mol. The number of hydrogen-bond acceptors (Lipinski definition) is 2. The fourth-order valence-corrected chi connectivity index (χ4v) is 1.12. The fraction of sp³-hybridized carbons (Fsp3) is 0.462. The molecule has 0 saturated carbocycles. The average Bonchev–Trinajstić information content (AvgIpc) is 2.26. The Bertz CT molecular complexity index is 343. The molecular formula is C13H17FO2. The molecule has 88 valence electrons. The van der Waals surface area contributed by atoms with Crippen molar-refractivity contribution in [1.29, 1.82) is 0 Å². The molecule has 1 aromatic rings. The van der Waals surface area contributed by atoms with E-state index in [1.165, 1.54) is 24.3 Å². The van der Waals surface area contributed by atoms with Crippen molar-refractivity contribution in [2.24, 2.45) is 5.92 Å². The second-order valence-corrected chi connectivity index (χ2v) is 4.19. The lowest BCUT2D eigenvalue weighted by Crippen LogP contribution is -2.20. The van der Waals surface area contributed by atoms with E-state index >= 15 is 0 Å². The molecule has 0 aliphatic carbocycles. The zero-order valence-electron chi connectivity index (χ0n) is 9.87. The second kappa shape index (κ2) is 5.75. The molecule has 1 aromatic carbocycles. The van der Waals surface area contributed by atoms with Crippen LogP contribution in [0.1, 0.15) is 31.1 Å². The van der Waals surface area contributed by atoms with Crippen molar-refractivity contribution in [1.82, 2.24) is 0 Å². The number of carbonyl (C=O) groups excluding carboxylic acids is 1. The summed E-state index contributed by atoms with van der Waals surface area (Å²) in [5.74, 6) is -0.0819. The Hall–Kier alpha value is -1.22. The SMILES string of the molecule is CC(C)C(C)OCC(=O)c1ccc(F)cc1. The normalized spacial score (nSPS) is 12.8. The second-order valence-electron chi connectivity index (χ2n) is 4.19. The fourth-order valence-electron chi connectivity index (χ4n) is 1.12. The van der Waals surface area contributed by atoms with Gasteiger partial charge in [0.2, 0.25) is 0 Å². The summed E-state index contributed by atoms with van der Waals surface area (Å²) < 4.78 is 18.0. The van der Waals surface area contributed by atoms with Gasteiger partial charge in [-0.15, -0.1) is 0 Å². The lowest BCUT2D eigenvalue weighted by Gasteiger charge is -2.15. The van der Waals surface area contributed by atoms with Gasteiger partial charge in [-0.2, -0.15) is 0 Å². The van der Waals surface area contributed by atoms with Crippen LogP contribution < -0.4 is 0 Å². The molecule has 0 bridgehead atoms. The smallest absolute Gasteiger partial charge is 0.188 e. The van der Waals surface area contributed by atoms with E-state index in [-0.39, 0.29) is 24.3 Å². The molecule has 0 aliphatic heterocycles. The van der Waals surface area contributed by atoms with Crippen molar-refractivity contribution in [3.8, 4) is 0 Å². The van der Waals surface area contributed by atoms with E-state index in [0.717, 1.165) is 0 Å². The van der Waals surface area contributed by atoms with Crippen LogP contribution in [0.25, 0.3) is 0 Å². The standard InChI is InChI=1S/C13H17FO2/c1-9(2)10(3)16-8-13(15)11-4-6-12(14)7-5-11/h4-7,9-10H,8H2,1-3H3. The van der Waals surface area contributed by atoms with Gasteiger partial charge in [0, 0.05) is 5.56 Å². The lowest BCUT2D eigenvalue weighted by molar-refractivity contribution is 0.0336. The monoisotopic (exact) mass is 224 g/mol. The molecule has 0 heterocycles. The Morgan fingerprint density at radius 1 is 1.25 bits per heavy atom. The third-order valence-electron chi connectivity index (χ3n) is 2.58. The molecule has 1 atom stereocenters. The Morgan fingerprint density at radius 2 is 1.81 bits per heavy atom. The zero-order chi connectivity index (χ0) is 12.1. The molecule has 0 N–H and O–H groups in total. The molecule has 0 amide bonds. The van der Waals surface area contributed by atoms with E-state index in [4.69, 9.17) is 4.74 Å². The highest BCUT2D eigenvalue weighted by atomic mass is 19.1. The van der Waals surface area contributed by atoms with Gasteiger partial charge in [0.05, 0.1) is 6.10 Å². The van der Waals surface area contributed by atoms with Crippen molar-refractivity contribution < 1.29 is 13.9 Å². The molecule has 1 rings (SSSR count). The number of benzene rings is 1. The van der Waals surface area contributed by atoms with Crippen LogP contribution in [0.2, 0.25) is 0 Å². The van der Waals surface area contributed by atoms with Crippen LogP contribution in [-0.2, 0) is 4.74 Å². The third-order valence-corrected chi connectivity index (χ3v) is 2.58. The molecule has 0 radical (unpaired) electrons. The first-order chi connectivity index (χ1) is 7.50. The van der Waals surface area contributed by atoms with Crippen molar-refractivity contribution in [2.75, 3.05) is 6.61 Å². The minimum absolute atomic E-state index is 0.0457. The zero-order valence-corrected chi connectivity index (χ0v) is 9.87. The van der Waals surface area contributed by atoms with Crippen molar-refractivity contribution in [3.63, 3.8) is 0 Å². The molecule has 2 nitrogen and oxygen atoms in total. The predicted molar refractivity (Wildman–Crippen MR) is 61.0 cm³/mol. The lowest BCUT2D eigenvalue weighted by atomic mass is 10.1. The van der Waals surface area contributed by atoms with Crippen LogP contribution in [0.4, 0.5) is 4.39 Å². The summed E-state index contributed by atoms with van der Waals surface area (Å²) in [6.07, 6.45) is 0.0457. The Morgan fingerprint density at radius 3 is 2.31 bits per heavy atom. The first-order valence-corrected chi connectivity index (χ1v) is 5.41. The number of ketones is 1.